The molecule has 8 amide bonds. The van der Waals surface area contributed by atoms with E-state index < -0.39 is 90.3 Å². The van der Waals surface area contributed by atoms with Gasteiger partial charge < -0.3 is 46.4 Å². The van der Waals surface area contributed by atoms with E-state index in [1.165, 1.54) is 21.6 Å². The molecule has 0 aromatic rings. The van der Waals surface area contributed by atoms with Crippen molar-refractivity contribution in [2.75, 3.05) is 33.8 Å². The molecule has 2 aliphatic rings. The molecule has 2 saturated heterocycles. The van der Waals surface area contributed by atoms with Gasteiger partial charge in [-0.1, -0.05) is 61.8 Å². The molecular formula is C40H70N8O9. The fraction of sp³-hybridized carbons (Fsp3) is 0.800. The molecule has 0 radical (unpaired) electrons. The number of carbonyl (C=O) groups is 8. The van der Waals surface area contributed by atoms with Crippen LogP contribution in [0.3, 0.4) is 0 Å². The SMILES string of the molecule is CC[C@H](C)[C@H](NC(=O)[C@H](CO)NC(=O)[C@@H](NC(=O)[C@@H]1CCCN1C(=O)[C@H](CC(C)C)NC(C)=O)C(C)C)C(=O)N1CCC[C@H]1C(=O)N[C@@H](CC(C)C)C(=O)N(C)C. The minimum Gasteiger partial charge on any atom is -0.394 e. The van der Waals surface area contributed by atoms with Crippen LogP contribution in [0.1, 0.15) is 107 Å². The Morgan fingerprint density at radius 2 is 1.16 bits per heavy atom. The zero-order valence-corrected chi connectivity index (χ0v) is 36.0. The average Bonchev–Trinajstić information content (AvgIpc) is 3.83. The first-order valence-electron chi connectivity index (χ1n) is 20.6. The van der Waals surface area contributed by atoms with Gasteiger partial charge in [0.05, 0.1) is 6.61 Å². The average molecular weight is 807 g/mol. The van der Waals surface area contributed by atoms with Crippen LogP contribution < -0.4 is 26.6 Å². The maximum absolute atomic E-state index is 14.1. The predicted molar refractivity (Wildman–Crippen MR) is 214 cm³/mol. The van der Waals surface area contributed by atoms with Crippen molar-refractivity contribution in [1.29, 1.82) is 0 Å². The molecule has 2 heterocycles. The Kier molecular flexibility index (Phi) is 19.4. The third-order valence-corrected chi connectivity index (χ3v) is 10.7. The van der Waals surface area contributed by atoms with Crippen LogP contribution in [0.4, 0.5) is 0 Å². The van der Waals surface area contributed by atoms with Gasteiger partial charge in [0.15, 0.2) is 0 Å². The minimum atomic E-state index is -1.49. The molecule has 0 aromatic carbocycles. The summed E-state index contributed by atoms with van der Waals surface area (Å²) in [5.41, 5.74) is 0. The molecule has 6 N–H and O–H groups in total. The second-order valence-electron chi connectivity index (χ2n) is 17.0. The van der Waals surface area contributed by atoms with Crippen molar-refractivity contribution in [1.82, 2.24) is 41.3 Å². The second kappa shape index (κ2) is 22.6. The Morgan fingerprint density at radius 3 is 1.61 bits per heavy atom. The highest BCUT2D eigenvalue weighted by Gasteiger charge is 2.42. The lowest BCUT2D eigenvalue weighted by Crippen LogP contribution is -2.62. The van der Waals surface area contributed by atoms with Gasteiger partial charge in [-0.25, -0.2) is 0 Å². The van der Waals surface area contributed by atoms with E-state index in [-0.39, 0.29) is 36.1 Å². The van der Waals surface area contributed by atoms with Crippen molar-refractivity contribution in [2.45, 2.75) is 150 Å². The standard InChI is InChI=1S/C40H70N8O9/c1-12-25(8)33(40(57)48-18-14-15-30(48)35(52)42-27(19-22(2)3)38(55)46(10)11)45-34(51)29(21-49)43-37(54)32(24(6)7)44-36(53)31-16-13-17-47(31)39(56)28(20-23(4)5)41-26(9)50/h22-25,27-33,49H,12-21H2,1-11H3,(H,41,50)(H,42,52)(H,43,54)(H,44,53)(H,45,51)/t25-,27-,28-,29-,30-,31-,32-,33-/m0/s1. The van der Waals surface area contributed by atoms with E-state index in [1.54, 1.807) is 34.9 Å². The Labute approximate surface area is 338 Å². The number of aliphatic hydroxyl groups excluding tert-OH is 1. The Morgan fingerprint density at radius 1 is 0.649 bits per heavy atom. The third-order valence-electron chi connectivity index (χ3n) is 10.7. The molecule has 0 aliphatic carbocycles. The Bertz CT molecular complexity index is 1440. The number of nitrogens with one attached hydrogen (secondary N) is 5. The van der Waals surface area contributed by atoms with Crippen LogP contribution >= 0.6 is 0 Å². The van der Waals surface area contributed by atoms with Crippen LogP contribution in [0.15, 0.2) is 0 Å². The number of rotatable bonds is 20. The van der Waals surface area contributed by atoms with Gasteiger partial charge in [-0.3, -0.25) is 38.4 Å². The molecular weight excluding hydrogens is 736 g/mol. The number of likely N-dealkylation sites (N-methyl/N-ethyl adjacent to an activating group) is 1. The third kappa shape index (κ3) is 14.0. The summed E-state index contributed by atoms with van der Waals surface area (Å²) in [6.45, 7) is 15.9. The molecule has 0 spiro atoms. The zero-order valence-electron chi connectivity index (χ0n) is 36.0. The first kappa shape index (κ1) is 48.9. The van der Waals surface area contributed by atoms with Crippen LogP contribution in [0, 0.1) is 23.7 Å². The van der Waals surface area contributed by atoms with Crippen molar-refractivity contribution in [3.05, 3.63) is 0 Å². The summed E-state index contributed by atoms with van der Waals surface area (Å²) in [4.78, 5) is 111. The molecule has 17 heteroatoms. The summed E-state index contributed by atoms with van der Waals surface area (Å²) < 4.78 is 0. The van der Waals surface area contributed by atoms with Crippen molar-refractivity contribution in [2.24, 2.45) is 23.7 Å². The van der Waals surface area contributed by atoms with Gasteiger partial charge in [0.1, 0.15) is 42.3 Å². The van der Waals surface area contributed by atoms with E-state index in [0.29, 0.717) is 51.5 Å². The van der Waals surface area contributed by atoms with Gasteiger partial charge in [-0.2, -0.15) is 0 Å². The number of hydrogen-bond donors (Lipinski definition) is 6. The van der Waals surface area contributed by atoms with E-state index >= 15 is 0 Å². The summed E-state index contributed by atoms with van der Waals surface area (Å²) >= 11 is 0. The van der Waals surface area contributed by atoms with Gasteiger partial charge in [-0.15, -0.1) is 0 Å². The molecule has 0 saturated carbocycles. The first-order valence-corrected chi connectivity index (χ1v) is 20.6. The Balaban J connectivity index is 2.21. The summed E-state index contributed by atoms with van der Waals surface area (Å²) in [6.07, 6.45) is 3.12. The summed E-state index contributed by atoms with van der Waals surface area (Å²) in [5, 5.41) is 23.8. The van der Waals surface area contributed by atoms with E-state index in [1.807, 2.05) is 34.6 Å². The molecule has 2 aliphatic heterocycles. The van der Waals surface area contributed by atoms with Crippen molar-refractivity contribution in [3.8, 4) is 0 Å². The van der Waals surface area contributed by atoms with Gasteiger partial charge in [0, 0.05) is 34.1 Å². The van der Waals surface area contributed by atoms with Crippen molar-refractivity contribution < 1.29 is 43.5 Å². The fourth-order valence-corrected chi connectivity index (χ4v) is 7.37. The van der Waals surface area contributed by atoms with E-state index in [4.69, 9.17) is 0 Å². The monoisotopic (exact) mass is 807 g/mol. The Hall–Kier alpha value is -4.28. The maximum Gasteiger partial charge on any atom is 0.246 e. The van der Waals surface area contributed by atoms with Gasteiger partial charge in [0.2, 0.25) is 47.3 Å². The van der Waals surface area contributed by atoms with Crippen LogP contribution in [0.5, 0.6) is 0 Å². The normalized spacial score (nSPS) is 20.0. The minimum absolute atomic E-state index is 0.0993. The number of carbonyl (C=O) groups excluding carboxylic acids is 8. The summed E-state index contributed by atoms with van der Waals surface area (Å²) in [6, 6.07) is -7.02. The van der Waals surface area contributed by atoms with Gasteiger partial charge in [0.25, 0.3) is 0 Å². The maximum atomic E-state index is 14.1. The first-order chi connectivity index (χ1) is 26.6. The number of aliphatic hydroxyl groups is 1. The van der Waals surface area contributed by atoms with E-state index in [9.17, 15) is 43.5 Å². The highest BCUT2D eigenvalue weighted by Crippen LogP contribution is 2.23. The zero-order chi connectivity index (χ0) is 43.3. The highest BCUT2D eigenvalue weighted by atomic mass is 16.3. The van der Waals surface area contributed by atoms with Crippen LogP contribution in [-0.4, -0.2) is 143 Å². The van der Waals surface area contributed by atoms with E-state index in [0.717, 1.165) is 0 Å². The van der Waals surface area contributed by atoms with Crippen LogP contribution in [0.2, 0.25) is 0 Å². The second-order valence-corrected chi connectivity index (χ2v) is 17.0. The molecule has 8 atom stereocenters. The predicted octanol–water partition coefficient (Wildman–Crippen LogP) is 0.287. The fourth-order valence-electron chi connectivity index (χ4n) is 7.37. The lowest BCUT2D eigenvalue weighted by Gasteiger charge is -2.33. The number of amides is 8. The molecule has 2 rings (SSSR count). The van der Waals surface area contributed by atoms with E-state index in [2.05, 4.69) is 26.6 Å². The molecule has 324 valence electrons. The number of likely N-dealkylation sites (tertiary alicyclic amines) is 2. The molecule has 0 aromatic heterocycles. The number of nitrogens with zero attached hydrogens (tertiary/aromatic N) is 3. The molecule has 57 heavy (non-hydrogen) atoms. The molecule has 2 fully saturated rings. The molecule has 0 bridgehead atoms. The quantitative estimate of drug-likeness (QED) is 0.0993. The van der Waals surface area contributed by atoms with Crippen molar-refractivity contribution in [3.63, 3.8) is 0 Å². The number of hydrogen-bond acceptors (Lipinski definition) is 9. The highest BCUT2D eigenvalue weighted by molar-refractivity contribution is 5.98. The summed E-state index contributed by atoms with van der Waals surface area (Å²) in [7, 11) is 3.23. The van der Waals surface area contributed by atoms with Gasteiger partial charge >= 0.3 is 0 Å². The lowest BCUT2D eigenvalue weighted by molar-refractivity contribution is -0.144. The largest absolute Gasteiger partial charge is 0.394 e. The summed E-state index contributed by atoms with van der Waals surface area (Å²) in [5.74, 6) is -4.69. The topological polar surface area (TPSA) is 227 Å². The lowest BCUT2D eigenvalue weighted by atomic mass is 9.96. The molecule has 0 unspecified atom stereocenters. The smallest absolute Gasteiger partial charge is 0.246 e. The van der Waals surface area contributed by atoms with Gasteiger partial charge in [-0.05, 0) is 62.2 Å². The van der Waals surface area contributed by atoms with Crippen LogP contribution in [-0.2, 0) is 38.4 Å². The molecule has 17 nitrogen and oxygen atoms in total. The van der Waals surface area contributed by atoms with Crippen molar-refractivity contribution >= 4 is 47.3 Å². The van der Waals surface area contributed by atoms with Crippen LogP contribution in [0.25, 0.3) is 0 Å².